The molecule has 0 radical (unpaired) electrons. The Morgan fingerprint density at radius 2 is 2.19 bits per heavy atom. The highest BCUT2D eigenvalue weighted by molar-refractivity contribution is 7.99. The van der Waals surface area contributed by atoms with Gasteiger partial charge in [0, 0.05) is 22.3 Å². The number of anilines is 1. The van der Waals surface area contributed by atoms with Crippen molar-refractivity contribution in [3.63, 3.8) is 0 Å². The van der Waals surface area contributed by atoms with Crippen molar-refractivity contribution in [1.29, 1.82) is 0 Å². The molecule has 0 spiro atoms. The highest BCUT2D eigenvalue weighted by atomic mass is 32.2. The smallest absolute Gasteiger partial charge is 0.125 e. The summed E-state index contributed by atoms with van der Waals surface area (Å²) in [7, 11) is 0. The Balaban J connectivity index is 2.23. The first-order chi connectivity index (χ1) is 10.1. The van der Waals surface area contributed by atoms with E-state index < -0.39 is 0 Å². The number of thioether (sulfide) groups is 1. The Labute approximate surface area is 134 Å². The summed E-state index contributed by atoms with van der Waals surface area (Å²) in [6, 6.07) is 7.93. The van der Waals surface area contributed by atoms with E-state index in [4.69, 9.17) is 18.0 Å². The Bertz CT molecular complexity index is 643. The minimum atomic E-state index is 0.410. The van der Waals surface area contributed by atoms with E-state index in [0.717, 1.165) is 33.4 Å². The standard InChI is InChI=1S/C15H18N4S2/c1-3-21-13-6-4-5-12(14(13)15(16)20)18-9-11-7-8-17-10(2)19-11/h4-8,18H,3,9H2,1-2H3,(H2,16,20). The van der Waals surface area contributed by atoms with E-state index in [9.17, 15) is 0 Å². The second kappa shape index (κ2) is 7.38. The molecular weight excluding hydrogens is 300 g/mol. The monoisotopic (exact) mass is 318 g/mol. The molecule has 4 nitrogen and oxygen atoms in total. The van der Waals surface area contributed by atoms with Crippen LogP contribution >= 0.6 is 24.0 Å². The normalized spacial score (nSPS) is 10.4. The van der Waals surface area contributed by atoms with Crippen LogP contribution in [0.25, 0.3) is 0 Å². The van der Waals surface area contributed by atoms with E-state index in [1.165, 1.54) is 0 Å². The molecule has 0 bridgehead atoms. The SMILES string of the molecule is CCSc1cccc(NCc2ccnc(C)n2)c1C(N)=S. The van der Waals surface area contributed by atoms with E-state index in [0.29, 0.717) is 11.5 Å². The van der Waals surface area contributed by atoms with Gasteiger partial charge in [-0.05, 0) is 30.9 Å². The van der Waals surface area contributed by atoms with Crippen LogP contribution in [-0.4, -0.2) is 20.7 Å². The van der Waals surface area contributed by atoms with Crippen LogP contribution < -0.4 is 11.1 Å². The molecule has 2 aromatic rings. The van der Waals surface area contributed by atoms with Crippen LogP contribution in [0.3, 0.4) is 0 Å². The number of rotatable bonds is 6. The molecular formula is C15H18N4S2. The van der Waals surface area contributed by atoms with E-state index in [2.05, 4.69) is 22.2 Å². The summed E-state index contributed by atoms with van der Waals surface area (Å²) in [4.78, 5) is 9.99. The van der Waals surface area contributed by atoms with Crippen molar-refractivity contribution in [3.05, 3.63) is 47.5 Å². The predicted octanol–water partition coefficient (Wildman–Crippen LogP) is 3.14. The molecule has 0 aliphatic heterocycles. The molecule has 0 aliphatic rings. The van der Waals surface area contributed by atoms with Gasteiger partial charge in [-0.25, -0.2) is 9.97 Å². The van der Waals surface area contributed by atoms with E-state index in [1.807, 2.05) is 31.2 Å². The van der Waals surface area contributed by atoms with Crippen molar-refractivity contribution in [2.24, 2.45) is 5.73 Å². The maximum Gasteiger partial charge on any atom is 0.125 e. The van der Waals surface area contributed by atoms with Gasteiger partial charge in [0.15, 0.2) is 0 Å². The predicted molar refractivity (Wildman–Crippen MR) is 92.8 cm³/mol. The molecule has 1 heterocycles. The molecule has 110 valence electrons. The second-order valence-electron chi connectivity index (χ2n) is 4.42. The van der Waals surface area contributed by atoms with Crippen molar-refractivity contribution < 1.29 is 0 Å². The number of nitrogens with one attached hydrogen (secondary N) is 1. The lowest BCUT2D eigenvalue weighted by Gasteiger charge is -2.14. The average Bonchev–Trinajstić information content (AvgIpc) is 2.45. The third kappa shape index (κ3) is 4.15. The summed E-state index contributed by atoms with van der Waals surface area (Å²) in [5.41, 5.74) is 8.68. The summed E-state index contributed by atoms with van der Waals surface area (Å²) < 4.78 is 0. The molecule has 0 aliphatic carbocycles. The number of hydrogen-bond donors (Lipinski definition) is 2. The zero-order chi connectivity index (χ0) is 15.2. The lowest BCUT2D eigenvalue weighted by atomic mass is 10.1. The summed E-state index contributed by atoms with van der Waals surface area (Å²) >= 11 is 6.94. The molecule has 0 atom stereocenters. The quantitative estimate of drug-likeness (QED) is 0.630. The highest BCUT2D eigenvalue weighted by Gasteiger charge is 2.11. The van der Waals surface area contributed by atoms with Gasteiger partial charge >= 0.3 is 0 Å². The van der Waals surface area contributed by atoms with Crippen LogP contribution in [0.5, 0.6) is 0 Å². The molecule has 21 heavy (non-hydrogen) atoms. The largest absolute Gasteiger partial charge is 0.389 e. The van der Waals surface area contributed by atoms with Crippen LogP contribution in [0.4, 0.5) is 5.69 Å². The molecule has 0 fully saturated rings. The molecule has 0 saturated heterocycles. The number of nitrogens with zero attached hydrogens (tertiary/aromatic N) is 2. The Kier molecular flexibility index (Phi) is 5.52. The summed E-state index contributed by atoms with van der Waals surface area (Å²) in [6.07, 6.45) is 1.76. The fourth-order valence-corrected chi connectivity index (χ4v) is 3.13. The minimum Gasteiger partial charge on any atom is -0.389 e. The number of aromatic nitrogens is 2. The second-order valence-corrected chi connectivity index (χ2v) is 6.17. The van der Waals surface area contributed by atoms with Crippen LogP contribution in [0, 0.1) is 6.92 Å². The molecule has 1 aromatic carbocycles. The van der Waals surface area contributed by atoms with Crippen LogP contribution in [-0.2, 0) is 6.54 Å². The Morgan fingerprint density at radius 3 is 2.86 bits per heavy atom. The number of thiocarbonyl (C=S) groups is 1. The van der Waals surface area contributed by atoms with Gasteiger partial charge in [-0.1, -0.05) is 25.2 Å². The summed E-state index contributed by atoms with van der Waals surface area (Å²) in [6.45, 7) is 4.60. The van der Waals surface area contributed by atoms with Crippen molar-refractivity contribution >= 4 is 34.7 Å². The topological polar surface area (TPSA) is 63.8 Å². The van der Waals surface area contributed by atoms with Gasteiger partial charge in [0.25, 0.3) is 0 Å². The number of benzene rings is 1. The lowest BCUT2D eigenvalue weighted by Crippen LogP contribution is -2.15. The van der Waals surface area contributed by atoms with Crippen LogP contribution in [0.2, 0.25) is 0 Å². The third-order valence-corrected chi connectivity index (χ3v) is 4.01. The van der Waals surface area contributed by atoms with Gasteiger partial charge < -0.3 is 11.1 Å². The van der Waals surface area contributed by atoms with Crippen LogP contribution in [0.1, 0.15) is 24.0 Å². The van der Waals surface area contributed by atoms with Gasteiger partial charge in [0.2, 0.25) is 0 Å². The molecule has 6 heteroatoms. The molecule has 0 saturated carbocycles. The van der Waals surface area contributed by atoms with Crippen molar-refractivity contribution in [3.8, 4) is 0 Å². The summed E-state index contributed by atoms with van der Waals surface area (Å²) in [5.74, 6) is 1.74. The molecule has 2 rings (SSSR count). The Morgan fingerprint density at radius 1 is 1.38 bits per heavy atom. The van der Waals surface area contributed by atoms with Gasteiger partial charge in [-0.2, -0.15) is 0 Å². The fraction of sp³-hybridized carbons (Fsp3) is 0.267. The Hall–Kier alpha value is -1.66. The number of hydrogen-bond acceptors (Lipinski definition) is 5. The maximum absolute atomic E-state index is 5.89. The van der Waals surface area contributed by atoms with Crippen molar-refractivity contribution in [1.82, 2.24) is 9.97 Å². The number of nitrogens with two attached hydrogens (primary N) is 1. The number of aryl methyl sites for hydroxylation is 1. The maximum atomic E-state index is 5.89. The van der Waals surface area contributed by atoms with Gasteiger partial charge in [-0.3, -0.25) is 0 Å². The minimum absolute atomic E-state index is 0.410. The van der Waals surface area contributed by atoms with Gasteiger partial charge in [0.1, 0.15) is 10.8 Å². The van der Waals surface area contributed by atoms with Crippen molar-refractivity contribution in [2.75, 3.05) is 11.1 Å². The van der Waals surface area contributed by atoms with Crippen molar-refractivity contribution in [2.45, 2.75) is 25.3 Å². The average molecular weight is 318 g/mol. The molecule has 1 aromatic heterocycles. The molecule has 3 N–H and O–H groups in total. The summed E-state index contributed by atoms with van der Waals surface area (Å²) in [5, 5.41) is 3.37. The zero-order valence-electron chi connectivity index (χ0n) is 12.1. The molecule has 0 unspecified atom stereocenters. The third-order valence-electron chi connectivity index (χ3n) is 2.87. The highest BCUT2D eigenvalue weighted by Crippen LogP contribution is 2.28. The van der Waals surface area contributed by atoms with E-state index in [1.54, 1.807) is 18.0 Å². The van der Waals surface area contributed by atoms with Gasteiger partial charge in [-0.15, -0.1) is 11.8 Å². The van der Waals surface area contributed by atoms with Gasteiger partial charge in [0.05, 0.1) is 12.2 Å². The van der Waals surface area contributed by atoms with E-state index in [-0.39, 0.29) is 0 Å². The first-order valence-corrected chi connectivity index (χ1v) is 8.09. The zero-order valence-corrected chi connectivity index (χ0v) is 13.7. The first-order valence-electron chi connectivity index (χ1n) is 6.69. The molecule has 0 amide bonds. The van der Waals surface area contributed by atoms with Crippen LogP contribution in [0.15, 0.2) is 35.4 Å². The first kappa shape index (κ1) is 15.7. The fourth-order valence-electron chi connectivity index (χ4n) is 2.00. The lowest BCUT2D eigenvalue weighted by molar-refractivity contribution is 0.954. The van der Waals surface area contributed by atoms with E-state index >= 15 is 0 Å².